The monoisotopic (exact) mass is 338 g/mol. The number of rotatable bonds is 6. The predicted octanol–water partition coefficient (Wildman–Crippen LogP) is 3.13. The molecule has 0 heterocycles. The van der Waals surface area contributed by atoms with Crippen LogP contribution in [-0.2, 0) is 16.4 Å². The number of halogens is 4. The molecule has 0 aliphatic carbocycles. The summed E-state index contributed by atoms with van der Waals surface area (Å²) in [6.07, 6.45) is -4.41. The van der Waals surface area contributed by atoms with Crippen LogP contribution in [-0.4, -0.2) is 25.5 Å². The van der Waals surface area contributed by atoms with Gasteiger partial charge in [-0.25, -0.2) is 0 Å². The van der Waals surface area contributed by atoms with Gasteiger partial charge in [-0.2, -0.15) is 13.2 Å². The van der Waals surface area contributed by atoms with Crippen molar-refractivity contribution in [2.75, 3.05) is 19.6 Å². The van der Waals surface area contributed by atoms with Gasteiger partial charge in [0.15, 0.2) is 0 Å². The lowest BCUT2D eigenvalue weighted by Gasteiger charge is -2.25. The molecule has 0 aromatic heterocycles. The maximum Gasteiger partial charge on any atom is 0.416 e. The van der Waals surface area contributed by atoms with Gasteiger partial charge in [0.1, 0.15) is 0 Å². The fourth-order valence-electron chi connectivity index (χ4n) is 1.88. The summed E-state index contributed by atoms with van der Waals surface area (Å²) >= 11 is 0. The summed E-state index contributed by atoms with van der Waals surface area (Å²) in [5.41, 5.74) is -1.42. The van der Waals surface area contributed by atoms with E-state index in [-0.39, 0.29) is 18.3 Å². The average Bonchev–Trinajstić information content (AvgIpc) is 2.42. The molecule has 0 aliphatic rings. The molecule has 0 atom stereocenters. The SMILES string of the molecule is CCNCCNC(=O)C(C)(C)c1cccc(C(F)(F)F)c1.Cl. The minimum atomic E-state index is -4.41. The van der Waals surface area contributed by atoms with Crippen molar-refractivity contribution in [3.8, 4) is 0 Å². The Morgan fingerprint density at radius 1 is 1.14 bits per heavy atom. The third-order valence-corrected chi connectivity index (χ3v) is 3.32. The molecule has 2 N–H and O–H groups in total. The molecule has 0 spiro atoms. The highest BCUT2D eigenvalue weighted by atomic mass is 35.5. The molecule has 0 unspecified atom stereocenters. The van der Waals surface area contributed by atoms with Gasteiger partial charge >= 0.3 is 6.18 Å². The van der Waals surface area contributed by atoms with Gasteiger partial charge in [-0.15, -0.1) is 12.4 Å². The van der Waals surface area contributed by atoms with E-state index in [1.807, 2.05) is 6.92 Å². The Labute approximate surface area is 135 Å². The van der Waals surface area contributed by atoms with Gasteiger partial charge in [0.25, 0.3) is 0 Å². The van der Waals surface area contributed by atoms with Crippen LogP contribution in [0.1, 0.15) is 31.9 Å². The standard InChI is InChI=1S/C15H21F3N2O.ClH/c1-4-19-8-9-20-13(21)14(2,3)11-6-5-7-12(10-11)15(16,17)18;/h5-7,10,19H,4,8-9H2,1-3H3,(H,20,21);1H. The zero-order valence-corrected chi connectivity index (χ0v) is 13.7. The van der Waals surface area contributed by atoms with Crippen molar-refractivity contribution in [1.29, 1.82) is 0 Å². The van der Waals surface area contributed by atoms with Gasteiger partial charge < -0.3 is 10.6 Å². The Hall–Kier alpha value is -1.27. The zero-order valence-electron chi connectivity index (χ0n) is 12.9. The number of alkyl halides is 3. The van der Waals surface area contributed by atoms with Gasteiger partial charge in [-0.1, -0.05) is 25.1 Å². The van der Waals surface area contributed by atoms with Crippen molar-refractivity contribution < 1.29 is 18.0 Å². The second-order valence-electron chi connectivity index (χ2n) is 5.31. The third-order valence-electron chi connectivity index (χ3n) is 3.32. The number of carbonyl (C=O) groups is 1. The van der Waals surface area contributed by atoms with Gasteiger partial charge in [0.2, 0.25) is 5.91 Å². The maximum atomic E-state index is 12.7. The van der Waals surface area contributed by atoms with Crippen LogP contribution in [0.2, 0.25) is 0 Å². The smallest absolute Gasteiger partial charge is 0.354 e. The summed E-state index contributed by atoms with van der Waals surface area (Å²) in [4.78, 5) is 12.2. The van der Waals surface area contributed by atoms with Gasteiger partial charge in [-0.3, -0.25) is 4.79 Å². The minimum Gasteiger partial charge on any atom is -0.354 e. The number of amides is 1. The van der Waals surface area contributed by atoms with Crippen molar-refractivity contribution in [1.82, 2.24) is 10.6 Å². The molecule has 1 aromatic carbocycles. The van der Waals surface area contributed by atoms with Crippen LogP contribution in [0, 0.1) is 0 Å². The number of carbonyl (C=O) groups excluding carboxylic acids is 1. The Bertz CT molecular complexity index is 490. The lowest BCUT2D eigenvalue weighted by molar-refractivity contribution is -0.137. The molecule has 0 radical (unpaired) electrons. The normalized spacial score (nSPS) is 11.7. The van der Waals surface area contributed by atoms with Crippen molar-refractivity contribution in [2.24, 2.45) is 0 Å². The van der Waals surface area contributed by atoms with Crippen LogP contribution < -0.4 is 10.6 Å². The number of likely N-dealkylation sites (N-methyl/N-ethyl adjacent to an activating group) is 1. The highest BCUT2D eigenvalue weighted by Gasteiger charge is 2.34. The Balaban J connectivity index is 0.00000441. The van der Waals surface area contributed by atoms with Crippen LogP contribution in [0.3, 0.4) is 0 Å². The molecule has 0 saturated carbocycles. The van der Waals surface area contributed by atoms with E-state index in [0.29, 0.717) is 18.7 Å². The fraction of sp³-hybridized carbons (Fsp3) is 0.533. The second kappa shape index (κ2) is 8.39. The van der Waals surface area contributed by atoms with Crippen molar-refractivity contribution in [3.05, 3.63) is 35.4 Å². The van der Waals surface area contributed by atoms with Crippen molar-refractivity contribution in [2.45, 2.75) is 32.4 Å². The molecule has 0 bridgehead atoms. The topological polar surface area (TPSA) is 41.1 Å². The molecule has 1 rings (SSSR count). The number of hydrogen-bond acceptors (Lipinski definition) is 2. The molecule has 0 aliphatic heterocycles. The van der Waals surface area contributed by atoms with E-state index in [1.165, 1.54) is 6.07 Å². The van der Waals surface area contributed by atoms with E-state index < -0.39 is 17.2 Å². The highest BCUT2D eigenvalue weighted by Crippen LogP contribution is 2.32. The lowest BCUT2D eigenvalue weighted by Crippen LogP contribution is -2.42. The first-order valence-electron chi connectivity index (χ1n) is 6.86. The minimum absolute atomic E-state index is 0. The lowest BCUT2D eigenvalue weighted by atomic mass is 9.83. The quantitative estimate of drug-likeness (QED) is 0.782. The molecule has 1 aromatic rings. The molecule has 3 nitrogen and oxygen atoms in total. The molecule has 0 saturated heterocycles. The average molecular weight is 339 g/mol. The molecular formula is C15H22ClF3N2O. The number of benzene rings is 1. The summed E-state index contributed by atoms with van der Waals surface area (Å²) in [5.74, 6) is -0.292. The van der Waals surface area contributed by atoms with Crippen LogP contribution in [0.15, 0.2) is 24.3 Å². The van der Waals surface area contributed by atoms with Gasteiger partial charge in [0.05, 0.1) is 11.0 Å². The summed E-state index contributed by atoms with van der Waals surface area (Å²) in [7, 11) is 0. The van der Waals surface area contributed by atoms with Crippen LogP contribution in [0.5, 0.6) is 0 Å². The van der Waals surface area contributed by atoms with Crippen molar-refractivity contribution in [3.63, 3.8) is 0 Å². The molecule has 0 fully saturated rings. The molecule has 7 heteroatoms. The van der Waals surface area contributed by atoms with E-state index >= 15 is 0 Å². The van der Waals surface area contributed by atoms with Crippen molar-refractivity contribution >= 4 is 18.3 Å². The Kier molecular flexibility index (Phi) is 7.90. The first kappa shape index (κ1) is 20.7. The number of hydrogen-bond donors (Lipinski definition) is 2. The molecule has 126 valence electrons. The maximum absolute atomic E-state index is 12.7. The van der Waals surface area contributed by atoms with E-state index in [2.05, 4.69) is 10.6 Å². The second-order valence-corrected chi connectivity index (χ2v) is 5.31. The van der Waals surface area contributed by atoms with E-state index in [9.17, 15) is 18.0 Å². The number of nitrogens with one attached hydrogen (secondary N) is 2. The third kappa shape index (κ3) is 5.50. The largest absolute Gasteiger partial charge is 0.416 e. The Morgan fingerprint density at radius 2 is 1.73 bits per heavy atom. The summed E-state index contributed by atoms with van der Waals surface area (Å²) in [5, 5.41) is 5.79. The summed E-state index contributed by atoms with van der Waals surface area (Å²) in [6.45, 7) is 7.05. The first-order chi connectivity index (χ1) is 9.69. The highest BCUT2D eigenvalue weighted by molar-refractivity contribution is 5.87. The zero-order chi connectivity index (χ0) is 16.1. The Morgan fingerprint density at radius 3 is 2.27 bits per heavy atom. The van der Waals surface area contributed by atoms with E-state index in [4.69, 9.17) is 0 Å². The summed E-state index contributed by atoms with van der Waals surface area (Å²) < 4.78 is 38.2. The summed E-state index contributed by atoms with van der Waals surface area (Å²) in [6, 6.07) is 4.90. The molecule has 1 amide bonds. The first-order valence-corrected chi connectivity index (χ1v) is 6.86. The fourth-order valence-corrected chi connectivity index (χ4v) is 1.88. The van der Waals surface area contributed by atoms with E-state index in [0.717, 1.165) is 18.7 Å². The van der Waals surface area contributed by atoms with E-state index in [1.54, 1.807) is 19.9 Å². The van der Waals surface area contributed by atoms with Gasteiger partial charge in [0, 0.05) is 13.1 Å². The van der Waals surface area contributed by atoms with Crippen LogP contribution in [0.25, 0.3) is 0 Å². The van der Waals surface area contributed by atoms with Crippen LogP contribution in [0.4, 0.5) is 13.2 Å². The predicted molar refractivity (Wildman–Crippen MR) is 83.3 cm³/mol. The molecule has 22 heavy (non-hydrogen) atoms. The molecular weight excluding hydrogens is 317 g/mol. The van der Waals surface area contributed by atoms with Gasteiger partial charge in [-0.05, 0) is 32.0 Å². The van der Waals surface area contributed by atoms with Crippen LogP contribution >= 0.6 is 12.4 Å².